The van der Waals surface area contributed by atoms with Crippen LogP contribution < -0.4 is 10.1 Å². The number of para-hydroxylation sites is 1. The van der Waals surface area contributed by atoms with Crippen molar-refractivity contribution in [2.24, 2.45) is 5.92 Å². The Balaban J connectivity index is 1.88. The smallest absolute Gasteiger partial charge is 0.225 e. The van der Waals surface area contributed by atoms with Gasteiger partial charge in [-0.1, -0.05) is 37.5 Å². The number of carbonyl (C=O) groups excluding carboxylic acids is 2. The predicted octanol–water partition coefficient (Wildman–Crippen LogP) is 3.44. The SMILES string of the molecule is CCN1C(=O)CC[C@@H](C(=O)NC2CCCCC2)[C@@H]1c1ccccc1OC. The molecule has 3 rings (SSSR count). The number of nitrogens with one attached hydrogen (secondary N) is 1. The van der Waals surface area contributed by atoms with Gasteiger partial charge < -0.3 is 15.0 Å². The molecule has 142 valence electrons. The Morgan fingerprint density at radius 3 is 2.62 bits per heavy atom. The van der Waals surface area contributed by atoms with Crippen LogP contribution in [0.2, 0.25) is 0 Å². The number of hydrogen-bond donors (Lipinski definition) is 1. The molecule has 2 aliphatic rings. The number of hydrogen-bond acceptors (Lipinski definition) is 3. The minimum absolute atomic E-state index is 0.0822. The topological polar surface area (TPSA) is 58.6 Å². The Labute approximate surface area is 156 Å². The summed E-state index contributed by atoms with van der Waals surface area (Å²) in [7, 11) is 1.64. The summed E-state index contributed by atoms with van der Waals surface area (Å²) >= 11 is 0. The van der Waals surface area contributed by atoms with Gasteiger partial charge in [0.05, 0.1) is 19.1 Å². The standard InChI is InChI=1S/C21H30N2O3/c1-3-23-19(24)14-13-17(21(25)22-15-9-5-4-6-10-15)20(23)16-11-7-8-12-18(16)26-2/h7-8,11-12,15,17,20H,3-6,9-10,13-14H2,1-2H3,(H,22,25)/t17-,20+/m1/s1. The molecule has 0 spiro atoms. The molecule has 0 radical (unpaired) electrons. The molecule has 5 heteroatoms. The van der Waals surface area contributed by atoms with Crippen LogP contribution >= 0.6 is 0 Å². The van der Waals surface area contributed by atoms with E-state index in [1.165, 1.54) is 19.3 Å². The molecule has 1 aliphatic carbocycles. The van der Waals surface area contributed by atoms with Crippen LogP contribution in [0.15, 0.2) is 24.3 Å². The normalized spacial score (nSPS) is 24.4. The molecule has 0 aromatic heterocycles. The number of ether oxygens (including phenoxy) is 1. The maximum atomic E-state index is 13.1. The highest BCUT2D eigenvalue weighted by molar-refractivity contribution is 5.85. The number of rotatable bonds is 5. The summed E-state index contributed by atoms with van der Waals surface area (Å²) in [6, 6.07) is 7.76. The van der Waals surface area contributed by atoms with Crippen molar-refractivity contribution in [1.82, 2.24) is 10.2 Å². The first-order valence-corrected chi connectivity index (χ1v) is 9.88. The van der Waals surface area contributed by atoms with Crippen LogP contribution in [0.1, 0.15) is 63.5 Å². The van der Waals surface area contributed by atoms with Gasteiger partial charge >= 0.3 is 0 Å². The average molecular weight is 358 g/mol. The van der Waals surface area contributed by atoms with E-state index < -0.39 is 0 Å². The van der Waals surface area contributed by atoms with Crippen LogP contribution in [0, 0.1) is 5.92 Å². The first-order valence-electron chi connectivity index (χ1n) is 9.88. The molecule has 2 amide bonds. The predicted molar refractivity (Wildman–Crippen MR) is 101 cm³/mol. The zero-order valence-electron chi connectivity index (χ0n) is 15.9. The number of benzene rings is 1. The summed E-state index contributed by atoms with van der Waals surface area (Å²) < 4.78 is 5.53. The second-order valence-electron chi connectivity index (χ2n) is 7.36. The molecule has 26 heavy (non-hydrogen) atoms. The number of piperidine rings is 1. The Morgan fingerprint density at radius 1 is 1.19 bits per heavy atom. The zero-order valence-corrected chi connectivity index (χ0v) is 15.9. The molecule has 5 nitrogen and oxygen atoms in total. The molecule has 2 fully saturated rings. The minimum Gasteiger partial charge on any atom is -0.496 e. The lowest BCUT2D eigenvalue weighted by molar-refractivity contribution is -0.143. The third-order valence-electron chi connectivity index (χ3n) is 5.79. The third kappa shape index (κ3) is 3.87. The number of nitrogens with zero attached hydrogens (tertiary/aromatic N) is 1. The van der Waals surface area contributed by atoms with Crippen LogP contribution in [0.4, 0.5) is 0 Å². The van der Waals surface area contributed by atoms with Crippen LogP contribution in [0.5, 0.6) is 5.75 Å². The molecule has 2 atom stereocenters. The van der Waals surface area contributed by atoms with Gasteiger partial charge in [0.1, 0.15) is 5.75 Å². The van der Waals surface area contributed by atoms with E-state index in [2.05, 4.69) is 5.32 Å². The van der Waals surface area contributed by atoms with Gasteiger partial charge in [0.2, 0.25) is 11.8 Å². The molecule has 1 heterocycles. The van der Waals surface area contributed by atoms with Crippen molar-refractivity contribution in [2.75, 3.05) is 13.7 Å². The van der Waals surface area contributed by atoms with Gasteiger partial charge in [0.15, 0.2) is 0 Å². The van der Waals surface area contributed by atoms with E-state index in [1.54, 1.807) is 7.11 Å². The fourth-order valence-corrected chi connectivity index (χ4v) is 4.45. The Hall–Kier alpha value is -2.04. The van der Waals surface area contributed by atoms with Crippen molar-refractivity contribution in [3.8, 4) is 5.75 Å². The molecule has 1 aromatic carbocycles. The lowest BCUT2D eigenvalue weighted by Crippen LogP contribution is -2.50. The lowest BCUT2D eigenvalue weighted by atomic mass is 9.82. The van der Waals surface area contributed by atoms with Gasteiger partial charge in [-0.05, 0) is 32.3 Å². The second kappa shape index (κ2) is 8.56. The molecule has 1 saturated heterocycles. The largest absolute Gasteiger partial charge is 0.496 e. The zero-order chi connectivity index (χ0) is 18.5. The summed E-state index contributed by atoms with van der Waals surface area (Å²) in [6.45, 7) is 2.57. The van der Waals surface area contributed by atoms with Crippen LogP contribution in [-0.2, 0) is 9.59 Å². The van der Waals surface area contributed by atoms with Crippen molar-refractivity contribution in [2.45, 2.75) is 64.0 Å². The fraction of sp³-hybridized carbons (Fsp3) is 0.619. The van der Waals surface area contributed by atoms with Gasteiger partial charge in [-0.3, -0.25) is 9.59 Å². The molecule has 1 aliphatic heterocycles. The van der Waals surface area contributed by atoms with E-state index >= 15 is 0 Å². The van der Waals surface area contributed by atoms with E-state index in [0.29, 0.717) is 19.4 Å². The van der Waals surface area contributed by atoms with Crippen LogP contribution in [0.25, 0.3) is 0 Å². The first-order chi connectivity index (χ1) is 12.7. The third-order valence-corrected chi connectivity index (χ3v) is 5.79. The second-order valence-corrected chi connectivity index (χ2v) is 7.36. The number of amides is 2. The fourth-order valence-electron chi connectivity index (χ4n) is 4.45. The molecule has 1 N–H and O–H groups in total. The summed E-state index contributed by atoms with van der Waals surface area (Å²) in [6.07, 6.45) is 6.79. The number of likely N-dealkylation sites (tertiary alicyclic amines) is 1. The maximum Gasteiger partial charge on any atom is 0.225 e. The van der Waals surface area contributed by atoms with Crippen molar-refractivity contribution >= 4 is 11.8 Å². The highest BCUT2D eigenvalue weighted by atomic mass is 16.5. The number of methoxy groups -OCH3 is 1. The Morgan fingerprint density at radius 2 is 1.92 bits per heavy atom. The highest BCUT2D eigenvalue weighted by Gasteiger charge is 2.41. The van der Waals surface area contributed by atoms with Gasteiger partial charge in [-0.2, -0.15) is 0 Å². The molecule has 1 saturated carbocycles. The van der Waals surface area contributed by atoms with E-state index in [1.807, 2.05) is 36.1 Å². The van der Waals surface area contributed by atoms with Crippen LogP contribution in [0.3, 0.4) is 0 Å². The van der Waals surface area contributed by atoms with Gasteiger partial charge in [0.25, 0.3) is 0 Å². The van der Waals surface area contributed by atoms with Crippen molar-refractivity contribution in [3.05, 3.63) is 29.8 Å². The number of carbonyl (C=O) groups is 2. The molecule has 0 unspecified atom stereocenters. The Bertz CT molecular complexity index is 640. The summed E-state index contributed by atoms with van der Waals surface area (Å²) in [5, 5.41) is 3.27. The minimum atomic E-state index is -0.263. The summed E-state index contributed by atoms with van der Waals surface area (Å²) in [5.74, 6) is 0.705. The average Bonchev–Trinajstić information content (AvgIpc) is 2.68. The molecular formula is C21H30N2O3. The van der Waals surface area contributed by atoms with E-state index in [-0.39, 0.29) is 29.8 Å². The monoisotopic (exact) mass is 358 g/mol. The lowest BCUT2D eigenvalue weighted by Gasteiger charge is -2.41. The maximum absolute atomic E-state index is 13.1. The summed E-state index contributed by atoms with van der Waals surface area (Å²) in [5.41, 5.74) is 0.925. The van der Waals surface area contributed by atoms with Gasteiger partial charge in [-0.25, -0.2) is 0 Å². The van der Waals surface area contributed by atoms with Gasteiger partial charge in [0, 0.05) is 24.6 Å². The van der Waals surface area contributed by atoms with E-state index in [0.717, 1.165) is 24.2 Å². The molecule has 1 aromatic rings. The quantitative estimate of drug-likeness (QED) is 0.877. The van der Waals surface area contributed by atoms with Crippen molar-refractivity contribution in [1.29, 1.82) is 0 Å². The highest BCUT2D eigenvalue weighted by Crippen LogP contribution is 2.40. The van der Waals surface area contributed by atoms with Crippen LogP contribution in [-0.4, -0.2) is 36.4 Å². The summed E-state index contributed by atoms with van der Waals surface area (Å²) in [4.78, 5) is 27.5. The van der Waals surface area contributed by atoms with Crippen molar-refractivity contribution in [3.63, 3.8) is 0 Å². The van der Waals surface area contributed by atoms with Crippen molar-refractivity contribution < 1.29 is 14.3 Å². The Kier molecular flexibility index (Phi) is 6.17. The van der Waals surface area contributed by atoms with E-state index in [4.69, 9.17) is 4.74 Å². The van der Waals surface area contributed by atoms with Gasteiger partial charge in [-0.15, -0.1) is 0 Å². The van der Waals surface area contributed by atoms with E-state index in [9.17, 15) is 9.59 Å². The molecular weight excluding hydrogens is 328 g/mol. The first kappa shape index (κ1) is 18.7. The molecule has 0 bridgehead atoms.